The van der Waals surface area contributed by atoms with Crippen molar-refractivity contribution in [3.63, 3.8) is 0 Å². The Labute approximate surface area is 191 Å². The Morgan fingerprint density at radius 3 is 2.34 bits per heavy atom. The van der Waals surface area contributed by atoms with Crippen molar-refractivity contribution < 1.29 is 23.1 Å². The summed E-state index contributed by atoms with van der Waals surface area (Å²) in [7, 11) is -3.82. The van der Waals surface area contributed by atoms with Gasteiger partial charge in [0.15, 0.2) is 0 Å². The summed E-state index contributed by atoms with van der Waals surface area (Å²) in [6.07, 6.45) is -0.0531. The molecule has 2 aromatic carbocycles. The molecule has 2 saturated heterocycles. The predicted octanol–water partition coefficient (Wildman–Crippen LogP) is 2.79. The molecule has 170 valence electrons. The SMILES string of the molecule is Cc1cc(N2CCSCC2)ccc1NS(=O)(=O)c1ccc(N2CC(C(=O)O)CC2=O)cc1. The van der Waals surface area contributed by atoms with Crippen LogP contribution in [-0.4, -0.2) is 56.5 Å². The van der Waals surface area contributed by atoms with Gasteiger partial charge in [0.1, 0.15) is 0 Å². The minimum absolute atomic E-state index is 0.0531. The lowest BCUT2D eigenvalue weighted by molar-refractivity contribution is -0.141. The van der Waals surface area contributed by atoms with E-state index in [9.17, 15) is 18.0 Å². The number of thioether (sulfide) groups is 1. The van der Waals surface area contributed by atoms with E-state index in [1.54, 1.807) is 6.07 Å². The van der Waals surface area contributed by atoms with Crippen molar-refractivity contribution in [1.82, 2.24) is 0 Å². The van der Waals surface area contributed by atoms with Crippen molar-refractivity contribution in [2.75, 3.05) is 45.7 Å². The number of nitrogens with one attached hydrogen (secondary N) is 1. The van der Waals surface area contributed by atoms with Crippen molar-refractivity contribution in [3.05, 3.63) is 48.0 Å². The Bertz CT molecular complexity index is 1130. The van der Waals surface area contributed by atoms with Crippen LogP contribution in [0.15, 0.2) is 47.4 Å². The molecule has 0 spiro atoms. The third kappa shape index (κ3) is 4.71. The first-order valence-electron chi connectivity index (χ1n) is 10.3. The van der Waals surface area contributed by atoms with Gasteiger partial charge in [0.25, 0.3) is 10.0 Å². The van der Waals surface area contributed by atoms with E-state index in [-0.39, 0.29) is 23.8 Å². The minimum Gasteiger partial charge on any atom is -0.481 e. The van der Waals surface area contributed by atoms with Gasteiger partial charge in [0, 0.05) is 48.9 Å². The van der Waals surface area contributed by atoms with Gasteiger partial charge in [0.2, 0.25) is 5.91 Å². The molecule has 4 rings (SSSR count). The molecule has 1 unspecified atom stereocenters. The fraction of sp³-hybridized carbons (Fsp3) is 0.364. The minimum atomic E-state index is -3.82. The number of rotatable bonds is 6. The summed E-state index contributed by atoms with van der Waals surface area (Å²) in [4.78, 5) is 27.0. The molecular weight excluding hydrogens is 450 g/mol. The summed E-state index contributed by atoms with van der Waals surface area (Å²) in [6, 6.07) is 11.6. The number of carboxylic acids is 1. The number of hydrogen-bond acceptors (Lipinski definition) is 6. The second-order valence-corrected chi connectivity index (χ2v) is 10.8. The van der Waals surface area contributed by atoms with E-state index in [4.69, 9.17) is 5.11 Å². The molecule has 2 N–H and O–H groups in total. The van der Waals surface area contributed by atoms with Crippen molar-refractivity contribution in [3.8, 4) is 0 Å². The quantitative estimate of drug-likeness (QED) is 0.662. The molecule has 32 heavy (non-hydrogen) atoms. The first kappa shape index (κ1) is 22.5. The molecule has 2 fully saturated rings. The maximum atomic E-state index is 12.9. The summed E-state index contributed by atoms with van der Waals surface area (Å²) in [5, 5.41) is 9.13. The average molecular weight is 476 g/mol. The molecule has 0 bridgehead atoms. The maximum absolute atomic E-state index is 12.9. The van der Waals surface area contributed by atoms with E-state index in [0.717, 1.165) is 35.8 Å². The van der Waals surface area contributed by atoms with Gasteiger partial charge in [-0.15, -0.1) is 0 Å². The normalized spacial score (nSPS) is 19.3. The first-order chi connectivity index (χ1) is 15.2. The molecule has 2 heterocycles. The summed E-state index contributed by atoms with van der Waals surface area (Å²) in [5.41, 5.74) is 2.93. The molecule has 2 aliphatic heterocycles. The molecular formula is C22H25N3O5S2. The lowest BCUT2D eigenvalue weighted by atomic mass is 10.1. The van der Waals surface area contributed by atoms with Crippen molar-refractivity contribution in [2.45, 2.75) is 18.2 Å². The molecule has 1 atom stereocenters. The maximum Gasteiger partial charge on any atom is 0.308 e. The highest BCUT2D eigenvalue weighted by atomic mass is 32.2. The van der Waals surface area contributed by atoms with Gasteiger partial charge in [0.05, 0.1) is 16.5 Å². The lowest BCUT2D eigenvalue weighted by Crippen LogP contribution is -2.32. The molecule has 0 saturated carbocycles. The molecule has 0 aromatic heterocycles. The Kier molecular flexibility index (Phi) is 6.34. The van der Waals surface area contributed by atoms with Crippen LogP contribution in [-0.2, 0) is 19.6 Å². The Balaban J connectivity index is 1.48. The predicted molar refractivity (Wildman–Crippen MR) is 126 cm³/mol. The largest absolute Gasteiger partial charge is 0.481 e. The van der Waals surface area contributed by atoms with Gasteiger partial charge in [-0.05, 0) is 55.0 Å². The highest BCUT2D eigenvalue weighted by Gasteiger charge is 2.35. The van der Waals surface area contributed by atoms with Crippen LogP contribution in [0.3, 0.4) is 0 Å². The number of sulfonamides is 1. The molecule has 8 nitrogen and oxygen atoms in total. The second kappa shape index (κ2) is 9.03. The highest BCUT2D eigenvalue weighted by Crippen LogP contribution is 2.29. The van der Waals surface area contributed by atoms with E-state index in [1.165, 1.54) is 29.2 Å². The second-order valence-electron chi connectivity index (χ2n) is 7.94. The van der Waals surface area contributed by atoms with Crippen molar-refractivity contribution in [1.29, 1.82) is 0 Å². The van der Waals surface area contributed by atoms with Gasteiger partial charge in [-0.2, -0.15) is 11.8 Å². The molecule has 2 aliphatic rings. The third-order valence-electron chi connectivity index (χ3n) is 5.76. The fourth-order valence-electron chi connectivity index (χ4n) is 3.91. The zero-order chi connectivity index (χ0) is 22.9. The van der Waals surface area contributed by atoms with Crippen LogP contribution in [0.5, 0.6) is 0 Å². The summed E-state index contributed by atoms with van der Waals surface area (Å²) >= 11 is 1.94. The molecule has 0 radical (unpaired) electrons. The molecule has 1 amide bonds. The number of carboxylic acid groups (broad SMARTS) is 1. The van der Waals surface area contributed by atoms with Gasteiger partial charge in [-0.3, -0.25) is 14.3 Å². The Hall–Kier alpha value is -2.72. The Morgan fingerprint density at radius 2 is 1.75 bits per heavy atom. The number of aryl methyl sites for hydroxylation is 1. The van der Waals surface area contributed by atoms with E-state index in [1.807, 2.05) is 30.8 Å². The zero-order valence-electron chi connectivity index (χ0n) is 17.7. The number of anilines is 3. The number of carbonyl (C=O) groups is 2. The average Bonchev–Trinajstić information content (AvgIpc) is 3.18. The molecule has 10 heteroatoms. The van der Waals surface area contributed by atoms with E-state index < -0.39 is 21.9 Å². The van der Waals surface area contributed by atoms with E-state index in [2.05, 4.69) is 9.62 Å². The molecule has 2 aromatic rings. The zero-order valence-corrected chi connectivity index (χ0v) is 19.3. The summed E-state index contributed by atoms with van der Waals surface area (Å²) in [5.74, 6) is 0.133. The highest BCUT2D eigenvalue weighted by molar-refractivity contribution is 7.99. The summed E-state index contributed by atoms with van der Waals surface area (Å²) in [6.45, 7) is 3.92. The van der Waals surface area contributed by atoms with Crippen molar-refractivity contribution >= 4 is 50.7 Å². The lowest BCUT2D eigenvalue weighted by Gasteiger charge is -2.29. The van der Waals surface area contributed by atoms with Crippen LogP contribution in [0, 0.1) is 12.8 Å². The van der Waals surface area contributed by atoms with E-state index in [0.29, 0.717) is 11.4 Å². The van der Waals surface area contributed by atoms with E-state index >= 15 is 0 Å². The van der Waals surface area contributed by atoms with Crippen LogP contribution in [0.2, 0.25) is 0 Å². The topological polar surface area (TPSA) is 107 Å². The van der Waals surface area contributed by atoms with Gasteiger partial charge in [-0.25, -0.2) is 8.42 Å². The number of nitrogens with zero attached hydrogens (tertiary/aromatic N) is 2. The smallest absolute Gasteiger partial charge is 0.308 e. The number of benzene rings is 2. The van der Waals surface area contributed by atoms with Crippen LogP contribution < -0.4 is 14.5 Å². The van der Waals surface area contributed by atoms with Gasteiger partial charge >= 0.3 is 5.97 Å². The number of hydrogen-bond donors (Lipinski definition) is 2. The third-order valence-corrected chi connectivity index (χ3v) is 8.09. The number of aliphatic carboxylic acids is 1. The van der Waals surface area contributed by atoms with Crippen LogP contribution >= 0.6 is 11.8 Å². The van der Waals surface area contributed by atoms with Gasteiger partial charge in [-0.1, -0.05) is 0 Å². The summed E-state index contributed by atoms with van der Waals surface area (Å²) < 4.78 is 28.4. The first-order valence-corrected chi connectivity index (χ1v) is 13.0. The number of carbonyl (C=O) groups excluding carboxylic acids is 1. The standard InChI is InChI=1S/C22H25N3O5S2/c1-15-12-18(24-8-10-31-11-9-24)4-7-20(15)23-32(29,30)19-5-2-17(3-6-19)25-14-16(22(27)28)13-21(25)26/h2-7,12,16,23H,8-11,13-14H2,1H3,(H,27,28). The number of amides is 1. The van der Waals surface area contributed by atoms with Crippen LogP contribution in [0.1, 0.15) is 12.0 Å². The van der Waals surface area contributed by atoms with Crippen molar-refractivity contribution in [2.24, 2.45) is 5.92 Å². The van der Waals surface area contributed by atoms with Crippen LogP contribution in [0.25, 0.3) is 0 Å². The molecule has 0 aliphatic carbocycles. The Morgan fingerprint density at radius 1 is 1.09 bits per heavy atom. The monoisotopic (exact) mass is 475 g/mol. The van der Waals surface area contributed by atoms with Gasteiger partial charge < -0.3 is 14.9 Å². The van der Waals surface area contributed by atoms with Crippen LogP contribution in [0.4, 0.5) is 17.1 Å². The fourth-order valence-corrected chi connectivity index (χ4v) is 5.95.